The molecule has 3 aromatic rings. The van der Waals surface area contributed by atoms with Crippen molar-refractivity contribution in [2.75, 3.05) is 0 Å². The average molecular weight is 494 g/mol. The van der Waals surface area contributed by atoms with E-state index in [1.54, 1.807) is 0 Å². The van der Waals surface area contributed by atoms with E-state index in [4.69, 9.17) is 4.74 Å². The van der Waals surface area contributed by atoms with Crippen LogP contribution in [0.5, 0.6) is 0 Å². The molecular formula is C28H32BrNO2. The standard InChI is InChI=1S/C28H32BrNO2/c1-19(25-11-7-9-21-8-5-6-10-26(21)25)30(27(31)32-28(2,3)4)24-17-14-22(18-24)20-12-15-23(29)16-13-20/h5-13,15-16,19,22,24H,14,17-18H2,1-4H3/t19-,22-,24+/m1/s1. The molecule has 1 aliphatic carbocycles. The number of carbonyl (C=O) groups excluding carboxylic acids is 1. The number of hydrogen-bond donors (Lipinski definition) is 0. The molecule has 0 heterocycles. The molecule has 3 aromatic carbocycles. The Bertz CT molecular complexity index is 1080. The molecule has 0 unspecified atom stereocenters. The van der Waals surface area contributed by atoms with Crippen molar-refractivity contribution in [3.8, 4) is 0 Å². The smallest absolute Gasteiger partial charge is 0.411 e. The molecule has 0 aliphatic heterocycles. The Labute approximate surface area is 199 Å². The number of carbonyl (C=O) groups is 1. The molecule has 4 rings (SSSR count). The second kappa shape index (κ2) is 9.27. The minimum atomic E-state index is -0.530. The summed E-state index contributed by atoms with van der Waals surface area (Å²) in [4.78, 5) is 15.5. The summed E-state index contributed by atoms with van der Waals surface area (Å²) in [5.74, 6) is 0.456. The van der Waals surface area contributed by atoms with Crippen LogP contribution in [-0.2, 0) is 4.74 Å². The SMILES string of the molecule is C[C@H](c1cccc2ccccc12)N(C(=O)OC(C)(C)C)[C@H]1CC[C@@H](c2ccc(Br)cc2)C1. The van der Waals surface area contributed by atoms with E-state index in [2.05, 4.69) is 89.6 Å². The topological polar surface area (TPSA) is 29.5 Å². The minimum absolute atomic E-state index is 0.0791. The van der Waals surface area contributed by atoms with Crippen LogP contribution in [0, 0.1) is 0 Å². The molecule has 0 spiro atoms. The second-order valence-corrected chi connectivity index (χ2v) is 10.8. The third-order valence-corrected chi connectivity index (χ3v) is 6.96. The highest BCUT2D eigenvalue weighted by Crippen LogP contribution is 2.41. The summed E-state index contributed by atoms with van der Waals surface area (Å²) >= 11 is 3.53. The van der Waals surface area contributed by atoms with Crippen LogP contribution in [0.2, 0.25) is 0 Å². The molecule has 1 aliphatic rings. The molecule has 4 heteroatoms. The number of nitrogens with zero attached hydrogens (tertiary/aromatic N) is 1. The van der Waals surface area contributed by atoms with Gasteiger partial charge in [-0.05, 0) is 86.9 Å². The van der Waals surface area contributed by atoms with Crippen molar-refractivity contribution in [1.29, 1.82) is 0 Å². The van der Waals surface area contributed by atoms with E-state index in [9.17, 15) is 4.79 Å². The maximum absolute atomic E-state index is 13.5. The first-order valence-corrected chi connectivity index (χ1v) is 12.3. The van der Waals surface area contributed by atoms with E-state index in [-0.39, 0.29) is 18.2 Å². The van der Waals surface area contributed by atoms with Gasteiger partial charge >= 0.3 is 6.09 Å². The van der Waals surface area contributed by atoms with E-state index in [1.807, 2.05) is 25.7 Å². The van der Waals surface area contributed by atoms with Crippen molar-refractivity contribution in [2.24, 2.45) is 0 Å². The van der Waals surface area contributed by atoms with Gasteiger partial charge in [0.25, 0.3) is 0 Å². The lowest BCUT2D eigenvalue weighted by Gasteiger charge is -2.37. The van der Waals surface area contributed by atoms with E-state index >= 15 is 0 Å². The van der Waals surface area contributed by atoms with Crippen LogP contribution in [0.1, 0.15) is 70.0 Å². The first-order valence-electron chi connectivity index (χ1n) is 11.5. The molecule has 0 aromatic heterocycles. The van der Waals surface area contributed by atoms with Gasteiger partial charge in [0.05, 0.1) is 6.04 Å². The van der Waals surface area contributed by atoms with Crippen LogP contribution in [-0.4, -0.2) is 22.6 Å². The third-order valence-electron chi connectivity index (χ3n) is 6.43. The third kappa shape index (κ3) is 5.01. The van der Waals surface area contributed by atoms with Gasteiger partial charge in [0.2, 0.25) is 0 Å². The van der Waals surface area contributed by atoms with E-state index in [1.165, 1.54) is 21.9 Å². The quantitative estimate of drug-likeness (QED) is 0.366. The van der Waals surface area contributed by atoms with Crippen LogP contribution >= 0.6 is 15.9 Å². The molecule has 0 saturated heterocycles. The first kappa shape index (κ1) is 22.8. The van der Waals surface area contributed by atoms with Crippen LogP contribution < -0.4 is 0 Å². The zero-order valence-corrected chi connectivity index (χ0v) is 20.9. The average Bonchev–Trinajstić information content (AvgIpc) is 3.22. The number of fused-ring (bicyclic) bond motifs is 1. The van der Waals surface area contributed by atoms with Gasteiger partial charge in [0.15, 0.2) is 0 Å². The fourth-order valence-corrected chi connectivity index (χ4v) is 5.22. The number of hydrogen-bond acceptors (Lipinski definition) is 2. The minimum Gasteiger partial charge on any atom is -0.444 e. The zero-order chi connectivity index (χ0) is 22.9. The summed E-state index contributed by atoms with van der Waals surface area (Å²) in [6.07, 6.45) is 2.79. The summed E-state index contributed by atoms with van der Waals surface area (Å²) in [6.45, 7) is 7.94. The Morgan fingerprint density at radius 2 is 1.69 bits per heavy atom. The van der Waals surface area contributed by atoms with Gasteiger partial charge in [-0.25, -0.2) is 4.79 Å². The number of benzene rings is 3. The fourth-order valence-electron chi connectivity index (χ4n) is 4.95. The molecule has 168 valence electrons. The number of amides is 1. The monoisotopic (exact) mass is 493 g/mol. The van der Waals surface area contributed by atoms with Gasteiger partial charge in [-0.3, -0.25) is 4.90 Å². The van der Waals surface area contributed by atoms with Crippen LogP contribution in [0.25, 0.3) is 10.8 Å². The fraction of sp³-hybridized carbons (Fsp3) is 0.393. The summed E-state index contributed by atoms with van der Waals surface area (Å²) in [7, 11) is 0. The molecule has 1 amide bonds. The largest absolute Gasteiger partial charge is 0.444 e. The highest BCUT2D eigenvalue weighted by Gasteiger charge is 2.38. The van der Waals surface area contributed by atoms with E-state index in [0.717, 1.165) is 23.7 Å². The Morgan fingerprint density at radius 3 is 2.41 bits per heavy atom. The van der Waals surface area contributed by atoms with Crippen molar-refractivity contribution < 1.29 is 9.53 Å². The number of halogens is 1. The van der Waals surface area contributed by atoms with Gasteiger partial charge in [-0.2, -0.15) is 0 Å². The molecule has 0 N–H and O–H groups in total. The molecular weight excluding hydrogens is 462 g/mol. The van der Waals surface area contributed by atoms with Gasteiger partial charge in [-0.15, -0.1) is 0 Å². The highest BCUT2D eigenvalue weighted by molar-refractivity contribution is 9.10. The molecule has 1 saturated carbocycles. The Morgan fingerprint density at radius 1 is 1.00 bits per heavy atom. The summed E-state index contributed by atoms with van der Waals surface area (Å²) in [6, 6.07) is 23.4. The molecule has 3 nitrogen and oxygen atoms in total. The summed E-state index contributed by atoms with van der Waals surface area (Å²) in [5, 5.41) is 2.39. The van der Waals surface area contributed by atoms with Gasteiger partial charge in [0.1, 0.15) is 5.60 Å². The van der Waals surface area contributed by atoms with E-state index in [0.29, 0.717) is 5.92 Å². The van der Waals surface area contributed by atoms with Crippen molar-refractivity contribution in [3.63, 3.8) is 0 Å². The molecule has 32 heavy (non-hydrogen) atoms. The van der Waals surface area contributed by atoms with Crippen LogP contribution in [0.15, 0.2) is 71.2 Å². The summed E-state index contributed by atoms with van der Waals surface area (Å²) in [5.41, 5.74) is 1.98. The van der Waals surface area contributed by atoms with Crippen molar-refractivity contribution in [1.82, 2.24) is 4.90 Å². The zero-order valence-electron chi connectivity index (χ0n) is 19.3. The first-order chi connectivity index (χ1) is 15.2. The lowest BCUT2D eigenvalue weighted by Crippen LogP contribution is -2.44. The number of rotatable bonds is 4. The lowest BCUT2D eigenvalue weighted by atomic mass is 9.96. The second-order valence-electron chi connectivity index (χ2n) is 9.85. The van der Waals surface area contributed by atoms with Gasteiger partial charge in [0, 0.05) is 10.5 Å². The molecule has 3 atom stereocenters. The Hall–Kier alpha value is -2.33. The highest BCUT2D eigenvalue weighted by atomic mass is 79.9. The van der Waals surface area contributed by atoms with Crippen LogP contribution in [0.4, 0.5) is 4.79 Å². The normalized spacial score (nSPS) is 19.7. The Balaban J connectivity index is 1.66. The predicted octanol–water partition coefficient (Wildman–Crippen LogP) is 8.24. The molecule has 0 bridgehead atoms. The molecule has 0 radical (unpaired) electrons. The maximum atomic E-state index is 13.5. The lowest BCUT2D eigenvalue weighted by molar-refractivity contribution is 0.00694. The van der Waals surface area contributed by atoms with E-state index < -0.39 is 5.60 Å². The van der Waals surface area contributed by atoms with Gasteiger partial charge < -0.3 is 4.74 Å². The predicted molar refractivity (Wildman–Crippen MR) is 135 cm³/mol. The number of ether oxygens (including phenoxy) is 1. The van der Waals surface area contributed by atoms with Crippen molar-refractivity contribution in [3.05, 3.63) is 82.3 Å². The Kier molecular flexibility index (Phi) is 6.62. The van der Waals surface area contributed by atoms with Gasteiger partial charge in [-0.1, -0.05) is 70.5 Å². The summed E-state index contributed by atoms with van der Waals surface area (Å²) < 4.78 is 7.00. The maximum Gasteiger partial charge on any atom is 0.411 e. The van der Waals surface area contributed by atoms with Crippen molar-refractivity contribution in [2.45, 2.75) is 70.6 Å². The van der Waals surface area contributed by atoms with Crippen molar-refractivity contribution >= 4 is 32.8 Å². The van der Waals surface area contributed by atoms with Crippen LogP contribution in [0.3, 0.4) is 0 Å². The molecule has 1 fully saturated rings.